The number of nitrogens with one attached hydrogen (secondary N) is 2. The molecule has 7 heteroatoms. The van der Waals surface area contributed by atoms with Crippen LogP contribution in [0, 0.1) is 0 Å². The molecular formula is C24H37IN4O2. The lowest BCUT2D eigenvalue weighted by Crippen LogP contribution is -2.41. The summed E-state index contributed by atoms with van der Waals surface area (Å²) in [5.74, 6) is 2.22. The Hall–Kier alpha value is -2.00. The minimum absolute atomic E-state index is 0. The highest BCUT2D eigenvalue weighted by Crippen LogP contribution is 2.26. The summed E-state index contributed by atoms with van der Waals surface area (Å²) in [7, 11) is 5.58. The van der Waals surface area contributed by atoms with E-state index >= 15 is 0 Å². The number of benzene rings is 2. The monoisotopic (exact) mass is 540 g/mol. The maximum atomic E-state index is 6.00. The molecular weight excluding hydrogens is 503 g/mol. The summed E-state index contributed by atoms with van der Waals surface area (Å²) in [5.41, 5.74) is 2.59. The van der Waals surface area contributed by atoms with Crippen LogP contribution in [0.4, 0.5) is 0 Å². The van der Waals surface area contributed by atoms with Crippen LogP contribution in [0.3, 0.4) is 0 Å². The average molecular weight is 540 g/mol. The zero-order chi connectivity index (χ0) is 21.9. The van der Waals surface area contributed by atoms with Gasteiger partial charge < -0.3 is 20.1 Å². The van der Waals surface area contributed by atoms with Crippen molar-refractivity contribution in [1.82, 2.24) is 15.5 Å². The number of hydrogen-bond donors (Lipinski definition) is 2. The largest absolute Gasteiger partial charge is 0.493 e. The molecule has 0 heterocycles. The van der Waals surface area contributed by atoms with Gasteiger partial charge in [0.2, 0.25) is 0 Å². The van der Waals surface area contributed by atoms with E-state index in [0.29, 0.717) is 19.1 Å². The van der Waals surface area contributed by atoms with Gasteiger partial charge in [-0.3, -0.25) is 9.89 Å². The van der Waals surface area contributed by atoms with Gasteiger partial charge in [-0.25, -0.2) is 0 Å². The number of halogens is 1. The highest BCUT2D eigenvalue weighted by Gasteiger charge is 2.11. The van der Waals surface area contributed by atoms with E-state index in [-0.39, 0.29) is 30.1 Å². The molecule has 0 aliphatic heterocycles. The van der Waals surface area contributed by atoms with Crippen LogP contribution in [0.1, 0.15) is 31.9 Å². The van der Waals surface area contributed by atoms with Crippen molar-refractivity contribution < 1.29 is 9.47 Å². The Kier molecular flexibility index (Phi) is 12.3. The topological polar surface area (TPSA) is 58.1 Å². The molecule has 0 aliphatic carbocycles. The minimum atomic E-state index is -0.0492. The lowest BCUT2D eigenvalue weighted by atomic mass is 10.1. The molecule has 0 bridgehead atoms. The Labute approximate surface area is 204 Å². The highest BCUT2D eigenvalue weighted by atomic mass is 127. The second kappa shape index (κ2) is 14.1. The SMILES string of the molecule is CN=C(NCc1ccccc1CN(C)C(C)C)NCC(C)Oc1ccccc1OC.I. The minimum Gasteiger partial charge on any atom is -0.493 e. The van der Waals surface area contributed by atoms with Crippen LogP contribution in [-0.4, -0.2) is 50.8 Å². The first-order chi connectivity index (χ1) is 14.4. The average Bonchev–Trinajstić information content (AvgIpc) is 2.75. The molecule has 2 N–H and O–H groups in total. The van der Waals surface area contributed by atoms with Crippen molar-refractivity contribution in [3.05, 3.63) is 59.7 Å². The van der Waals surface area contributed by atoms with E-state index in [4.69, 9.17) is 9.47 Å². The molecule has 0 aliphatic rings. The molecule has 0 amide bonds. The van der Waals surface area contributed by atoms with E-state index in [1.807, 2.05) is 31.2 Å². The third kappa shape index (κ3) is 8.95. The first-order valence-corrected chi connectivity index (χ1v) is 10.5. The van der Waals surface area contributed by atoms with E-state index in [0.717, 1.165) is 24.0 Å². The van der Waals surface area contributed by atoms with Gasteiger partial charge in [-0.1, -0.05) is 36.4 Å². The molecule has 6 nitrogen and oxygen atoms in total. The Morgan fingerprint density at radius 1 is 0.968 bits per heavy atom. The van der Waals surface area contributed by atoms with Gasteiger partial charge in [0, 0.05) is 26.2 Å². The van der Waals surface area contributed by atoms with Gasteiger partial charge >= 0.3 is 0 Å². The summed E-state index contributed by atoms with van der Waals surface area (Å²) in [5, 5.41) is 6.75. The molecule has 0 fully saturated rings. The summed E-state index contributed by atoms with van der Waals surface area (Å²) >= 11 is 0. The third-order valence-corrected chi connectivity index (χ3v) is 5.04. The van der Waals surface area contributed by atoms with Crippen molar-refractivity contribution in [1.29, 1.82) is 0 Å². The molecule has 1 atom stereocenters. The van der Waals surface area contributed by atoms with E-state index < -0.39 is 0 Å². The predicted molar refractivity (Wildman–Crippen MR) is 140 cm³/mol. The molecule has 0 saturated heterocycles. The standard InChI is InChI=1S/C24H36N4O2.HI/c1-18(2)28(5)17-21-12-8-7-11-20(21)16-27-24(25-4)26-15-19(3)30-23-14-10-9-13-22(23)29-6;/h7-14,18-19H,15-17H2,1-6H3,(H2,25,26,27);1H. The molecule has 2 aromatic carbocycles. The van der Waals surface area contributed by atoms with Crippen LogP contribution in [0.15, 0.2) is 53.5 Å². The molecule has 0 aromatic heterocycles. The van der Waals surface area contributed by atoms with E-state index in [1.54, 1.807) is 14.2 Å². The molecule has 1 unspecified atom stereocenters. The fourth-order valence-corrected chi connectivity index (χ4v) is 2.95. The van der Waals surface area contributed by atoms with Gasteiger partial charge in [0.15, 0.2) is 17.5 Å². The van der Waals surface area contributed by atoms with Crippen molar-refractivity contribution >= 4 is 29.9 Å². The fraction of sp³-hybridized carbons (Fsp3) is 0.458. The fourth-order valence-electron chi connectivity index (χ4n) is 2.95. The number of nitrogens with zero attached hydrogens (tertiary/aromatic N) is 2. The summed E-state index contributed by atoms with van der Waals surface area (Å²) in [6, 6.07) is 16.7. The van der Waals surface area contributed by atoms with E-state index in [9.17, 15) is 0 Å². The van der Waals surface area contributed by atoms with Gasteiger partial charge in [0.05, 0.1) is 13.7 Å². The summed E-state index contributed by atoms with van der Waals surface area (Å²) in [6.45, 7) is 8.69. The molecule has 0 spiro atoms. The Balaban J connectivity index is 0.00000480. The van der Waals surface area contributed by atoms with Crippen molar-refractivity contribution in [2.75, 3.05) is 27.7 Å². The molecule has 0 radical (unpaired) electrons. The number of rotatable bonds is 10. The summed E-state index contributed by atoms with van der Waals surface area (Å²) in [6.07, 6.45) is -0.0492. The highest BCUT2D eigenvalue weighted by molar-refractivity contribution is 14.0. The molecule has 0 saturated carbocycles. The molecule has 2 rings (SSSR count). The van der Waals surface area contributed by atoms with Gasteiger partial charge in [-0.2, -0.15) is 0 Å². The number of hydrogen-bond acceptors (Lipinski definition) is 4. The van der Waals surface area contributed by atoms with Crippen LogP contribution in [0.5, 0.6) is 11.5 Å². The molecule has 2 aromatic rings. The van der Waals surface area contributed by atoms with Crippen molar-refractivity contribution in [2.45, 2.75) is 46.0 Å². The normalized spacial score (nSPS) is 12.3. The summed E-state index contributed by atoms with van der Waals surface area (Å²) < 4.78 is 11.4. The first kappa shape index (κ1) is 27.0. The van der Waals surface area contributed by atoms with Crippen LogP contribution in [0.25, 0.3) is 0 Å². The lowest BCUT2D eigenvalue weighted by Gasteiger charge is -2.23. The molecule has 172 valence electrons. The maximum absolute atomic E-state index is 6.00. The van der Waals surface area contributed by atoms with Crippen molar-refractivity contribution in [3.63, 3.8) is 0 Å². The van der Waals surface area contributed by atoms with Gasteiger partial charge in [-0.15, -0.1) is 24.0 Å². The number of para-hydroxylation sites is 2. The number of guanidine groups is 1. The number of methoxy groups -OCH3 is 1. The zero-order valence-electron chi connectivity index (χ0n) is 19.5. The quantitative estimate of drug-likeness (QED) is 0.268. The number of ether oxygens (including phenoxy) is 2. The lowest BCUT2D eigenvalue weighted by molar-refractivity contribution is 0.213. The van der Waals surface area contributed by atoms with Crippen LogP contribution in [0.2, 0.25) is 0 Å². The van der Waals surface area contributed by atoms with Gasteiger partial charge in [0.1, 0.15) is 6.10 Å². The summed E-state index contributed by atoms with van der Waals surface area (Å²) in [4.78, 5) is 6.67. The second-order valence-corrected chi connectivity index (χ2v) is 7.66. The second-order valence-electron chi connectivity index (χ2n) is 7.66. The zero-order valence-corrected chi connectivity index (χ0v) is 21.8. The van der Waals surface area contributed by atoms with Crippen LogP contribution < -0.4 is 20.1 Å². The third-order valence-electron chi connectivity index (χ3n) is 5.04. The Morgan fingerprint density at radius 3 is 2.19 bits per heavy atom. The smallest absolute Gasteiger partial charge is 0.191 e. The van der Waals surface area contributed by atoms with Gasteiger partial charge in [0.25, 0.3) is 0 Å². The maximum Gasteiger partial charge on any atom is 0.191 e. The number of aliphatic imine (C=N–C) groups is 1. The van der Waals surface area contributed by atoms with E-state index in [1.165, 1.54) is 11.1 Å². The Bertz CT molecular complexity index is 814. The van der Waals surface area contributed by atoms with E-state index in [2.05, 4.69) is 65.7 Å². The Morgan fingerprint density at radius 2 is 1.58 bits per heavy atom. The predicted octanol–water partition coefficient (Wildman–Crippen LogP) is 4.29. The molecule has 31 heavy (non-hydrogen) atoms. The van der Waals surface area contributed by atoms with Crippen molar-refractivity contribution in [2.24, 2.45) is 4.99 Å². The van der Waals surface area contributed by atoms with Crippen LogP contribution >= 0.6 is 24.0 Å². The van der Waals surface area contributed by atoms with Gasteiger partial charge in [-0.05, 0) is 51.1 Å². The van der Waals surface area contributed by atoms with Crippen LogP contribution in [-0.2, 0) is 13.1 Å². The van der Waals surface area contributed by atoms with Crippen molar-refractivity contribution in [3.8, 4) is 11.5 Å². The first-order valence-electron chi connectivity index (χ1n) is 10.5.